The molecule has 2 rings (SSSR count). The molecule has 0 bridgehead atoms. The van der Waals surface area contributed by atoms with Gasteiger partial charge in [0, 0.05) is 37.2 Å². The Hall–Kier alpha value is -1.21. The van der Waals surface area contributed by atoms with Gasteiger partial charge in [-0.15, -0.1) is 0 Å². The second-order valence-electron chi connectivity index (χ2n) is 4.97. The van der Waals surface area contributed by atoms with Crippen LogP contribution in [0.5, 0.6) is 0 Å². The predicted molar refractivity (Wildman–Crippen MR) is 82.0 cm³/mol. The lowest BCUT2D eigenvalue weighted by Crippen LogP contribution is -2.34. The van der Waals surface area contributed by atoms with Gasteiger partial charge in [0.2, 0.25) is 0 Å². The van der Waals surface area contributed by atoms with Crippen LogP contribution in [0.1, 0.15) is 20.3 Å². The molecule has 2 heterocycles. The Labute approximate surface area is 120 Å². The minimum atomic E-state index is -2.89. The Balaban J connectivity index is 1.78. The average molecular weight is 298 g/mol. The third-order valence-corrected chi connectivity index (χ3v) is 5.15. The van der Waals surface area contributed by atoms with E-state index in [1.165, 1.54) is 0 Å². The van der Waals surface area contributed by atoms with Crippen molar-refractivity contribution in [3.05, 3.63) is 11.8 Å². The molecule has 0 radical (unpaired) electrons. The Bertz CT molecular complexity index is 537. The molecule has 0 amide bonds. The second-order valence-corrected chi connectivity index (χ2v) is 7.44. The molecule has 20 heavy (non-hydrogen) atoms. The van der Waals surface area contributed by atoms with Crippen LogP contribution in [-0.2, 0) is 9.84 Å². The molecule has 0 saturated heterocycles. The van der Waals surface area contributed by atoms with Crippen LogP contribution in [0, 0.1) is 0 Å². The number of hydrogen-bond acceptors (Lipinski definition) is 6. The molecular weight excluding hydrogens is 276 g/mol. The van der Waals surface area contributed by atoms with Crippen LogP contribution in [0.15, 0.2) is 21.8 Å². The van der Waals surface area contributed by atoms with E-state index in [2.05, 4.69) is 22.2 Å². The van der Waals surface area contributed by atoms with Crippen LogP contribution in [-0.4, -0.2) is 62.7 Å². The lowest BCUT2D eigenvalue weighted by molar-refractivity contribution is 0.539. The Morgan fingerprint density at radius 2 is 2.25 bits per heavy atom. The Kier molecular flexibility index (Phi) is 4.93. The minimum absolute atomic E-state index is 0.160. The summed E-state index contributed by atoms with van der Waals surface area (Å²) in [5, 5.41) is 3.17. The topological polar surface area (TPSA) is 74.1 Å². The normalized spacial score (nSPS) is 21.7. The van der Waals surface area contributed by atoms with Crippen molar-refractivity contribution in [1.29, 1.82) is 0 Å². The number of nitrogens with one attached hydrogen (secondary N) is 1. The van der Waals surface area contributed by atoms with Crippen LogP contribution >= 0.6 is 0 Å². The van der Waals surface area contributed by atoms with Gasteiger partial charge in [0.15, 0.2) is 9.84 Å². The van der Waals surface area contributed by atoms with Crippen molar-refractivity contribution < 1.29 is 8.42 Å². The van der Waals surface area contributed by atoms with Gasteiger partial charge in [-0.3, -0.25) is 4.99 Å². The van der Waals surface area contributed by atoms with Gasteiger partial charge in [-0.1, -0.05) is 13.8 Å². The summed E-state index contributed by atoms with van der Waals surface area (Å²) in [7, 11) is -2.89. The quantitative estimate of drug-likeness (QED) is 0.692. The van der Waals surface area contributed by atoms with Gasteiger partial charge in [0.25, 0.3) is 0 Å². The third kappa shape index (κ3) is 3.89. The molecule has 1 unspecified atom stereocenters. The van der Waals surface area contributed by atoms with E-state index in [0.29, 0.717) is 13.1 Å². The van der Waals surface area contributed by atoms with Gasteiger partial charge in [-0.2, -0.15) is 0 Å². The zero-order chi connectivity index (χ0) is 14.6. The van der Waals surface area contributed by atoms with Crippen LogP contribution in [0.3, 0.4) is 0 Å². The van der Waals surface area contributed by atoms with Crippen LogP contribution in [0.4, 0.5) is 0 Å². The standard InChI is InChI=1S/C13H22N4O2S/c1-3-11-7-13-16-12(9-17(13)10-15-11)8-14-5-6-20(18,19)4-2/h7,10,12,14H,3-6,8-9H2,1-2H3. The van der Waals surface area contributed by atoms with Gasteiger partial charge >= 0.3 is 0 Å². The summed E-state index contributed by atoms with van der Waals surface area (Å²) in [5.41, 5.74) is 1.04. The van der Waals surface area contributed by atoms with Crippen molar-refractivity contribution >= 4 is 22.0 Å². The molecule has 0 fully saturated rings. The molecule has 2 aliphatic heterocycles. The molecule has 6 nitrogen and oxygen atoms in total. The number of rotatable bonds is 7. The Morgan fingerprint density at radius 3 is 2.95 bits per heavy atom. The maximum atomic E-state index is 11.4. The lowest BCUT2D eigenvalue weighted by atomic mass is 10.3. The number of aliphatic imine (C=N–C) groups is 2. The van der Waals surface area contributed by atoms with Crippen molar-refractivity contribution in [3.8, 4) is 0 Å². The fourth-order valence-electron chi connectivity index (χ4n) is 2.12. The average Bonchev–Trinajstić information content (AvgIpc) is 2.85. The number of amidine groups is 1. The molecule has 0 spiro atoms. The highest BCUT2D eigenvalue weighted by molar-refractivity contribution is 7.91. The number of allylic oxidation sites excluding steroid dienone is 1. The molecule has 0 aromatic rings. The monoisotopic (exact) mass is 298 g/mol. The maximum absolute atomic E-state index is 11.4. The highest BCUT2D eigenvalue weighted by Gasteiger charge is 2.24. The summed E-state index contributed by atoms with van der Waals surface area (Å²) < 4.78 is 22.7. The van der Waals surface area contributed by atoms with Gasteiger partial charge in [-0.25, -0.2) is 13.4 Å². The first-order valence-electron chi connectivity index (χ1n) is 7.04. The van der Waals surface area contributed by atoms with E-state index in [1.54, 1.807) is 6.92 Å². The SMILES string of the molecule is CCC1=CC2=NC(CNCCS(=O)(=O)CC)CN2C=N1. The van der Waals surface area contributed by atoms with E-state index in [4.69, 9.17) is 0 Å². The number of sulfone groups is 1. The van der Waals surface area contributed by atoms with E-state index in [0.717, 1.165) is 24.5 Å². The van der Waals surface area contributed by atoms with Crippen molar-refractivity contribution in [2.75, 3.05) is 31.1 Å². The summed E-state index contributed by atoms with van der Waals surface area (Å²) in [5.74, 6) is 1.36. The molecule has 2 aliphatic rings. The summed E-state index contributed by atoms with van der Waals surface area (Å²) >= 11 is 0. The molecule has 7 heteroatoms. The molecule has 1 N–H and O–H groups in total. The number of nitrogens with zero attached hydrogens (tertiary/aromatic N) is 3. The summed E-state index contributed by atoms with van der Waals surface area (Å²) in [6.45, 7) is 5.73. The fraction of sp³-hybridized carbons (Fsp3) is 0.692. The summed E-state index contributed by atoms with van der Waals surface area (Å²) in [6, 6.07) is 0.160. The van der Waals surface area contributed by atoms with Gasteiger partial charge in [-0.05, 0) is 6.42 Å². The number of hydrogen-bond donors (Lipinski definition) is 1. The Morgan fingerprint density at radius 1 is 1.45 bits per heavy atom. The van der Waals surface area contributed by atoms with Gasteiger partial charge < -0.3 is 10.2 Å². The highest BCUT2D eigenvalue weighted by atomic mass is 32.2. The molecular formula is C13H22N4O2S. The van der Waals surface area contributed by atoms with E-state index < -0.39 is 9.84 Å². The molecule has 0 aliphatic carbocycles. The van der Waals surface area contributed by atoms with Crippen LogP contribution in [0.2, 0.25) is 0 Å². The first-order chi connectivity index (χ1) is 9.54. The minimum Gasteiger partial charge on any atom is -0.315 e. The smallest absolute Gasteiger partial charge is 0.151 e. The second kappa shape index (κ2) is 6.49. The zero-order valence-electron chi connectivity index (χ0n) is 12.0. The molecule has 0 aromatic carbocycles. The van der Waals surface area contributed by atoms with Gasteiger partial charge in [0.05, 0.1) is 18.1 Å². The van der Waals surface area contributed by atoms with Crippen LogP contribution < -0.4 is 5.32 Å². The fourth-order valence-corrected chi connectivity index (χ4v) is 2.87. The zero-order valence-corrected chi connectivity index (χ0v) is 12.9. The predicted octanol–water partition coefficient (Wildman–Crippen LogP) is 0.429. The lowest BCUT2D eigenvalue weighted by Gasteiger charge is -2.17. The van der Waals surface area contributed by atoms with Crippen molar-refractivity contribution in [2.24, 2.45) is 9.98 Å². The van der Waals surface area contributed by atoms with E-state index in [-0.39, 0.29) is 17.5 Å². The van der Waals surface area contributed by atoms with Crippen molar-refractivity contribution in [1.82, 2.24) is 10.2 Å². The third-order valence-electron chi connectivity index (χ3n) is 3.45. The van der Waals surface area contributed by atoms with Crippen molar-refractivity contribution in [2.45, 2.75) is 26.3 Å². The maximum Gasteiger partial charge on any atom is 0.151 e. The molecule has 112 valence electrons. The molecule has 0 saturated carbocycles. The van der Waals surface area contributed by atoms with Crippen molar-refractivity contribution in [3.63, 3.8) is 0 Å². The van der Waals surface area contributed by atoms with E-state index >= 15 is 0 Å². The van der Waals surface area contributed by atoms with E-state index in [1.807, 2.05) is 17.3 Å². The summed E-state index contributed by atoms with van der Waals surface area (Å²) in [6.07, 6.45) is 4.75. The largest absolute Gasteiger partial charge is 0.315 e. The molecule has 0 aromatic heterocycles. The first-order valence-corrected chi connectivity index (χ1v) is 8.86. The van der Waals surface area contributed by atoms with E-state index in [9.17, 15) is 8.42 Å². The first kappa shape index (κ1) is 15.2. The highest BCUT2D eigenvalue weighted by Crippen LogP contribution is 2.15. The van der Waals surface area contributed by atoms with Gasteiger partial charge in [0.1, 0.15) is 5.84 Å². The van der Waals surface area contributed by atoms with Crippen LogP contribution in [0.25, 0.3) is 0 Å². The molecule has 1 atom stereocenters. The summed E-state index contributed by atoms with van der Waals surface area (Å²) in [4.78, 5) is 11.0. The number of fused-ring (bicyclic) bond motifs is 1.